The zero-order valence-corrected chi connectivity index (χ0v) is 25.9. The molecule has 0 saturated carbocycles. The zero-order chi connectivity index (χ0) is 32.1. The monoisotopic (exact) mass is 625 g/mol. The highest BCUT2D eigenvalue weighted by molar-refractivity contribution is 6.30. The van der Waals surface area contributed by atoms with Crippen molar-refractivity contribution < 1.29 is 28.7 Å². The van der Waals surface area contributed by atoms with Crippen molar-refractivity contribution in [2.45, 2.75) is 31.9 Å². The molecule has 1 atom stereocenters. The maximum absolute atomic E-state index is 13.6. The lowest BCUT2D eigenvalue weighted by Gasteiger charge is -2.19. The van der Waals surface area contributed by atoms with Gasteiger partial charge in [-0.2, -0.15) is 0 Å². The molecular formula is C35H32ClN3O6. The molecule has 3 aromatic carbocycles. The van der Waals surface area contributed by atoms with Crippen molar-refractivity contribution in [3.05, 3.63) is 123 Å². The van der Waals surface area contributed by atoms with E-state index in [1.165, 1.54) is 12.0 Å². The molecule has 1 N–H and O–H groups in total. The number of aromatic nitrogens is 1. The molecule has 0 fully saturated rings. The quantitative estimate of drug-likeness (QED) is 0.222. The predicted molar refractivity (Wildman–Crippen MR) is 169 cm³/mol. The maximum atomic E-state index is 13.6. The summed E-state index contributed by atoms with van der Waals surface area (Å²) in [7, 11) is 4.56. The molecule has 0 aliphatic carbocycles. The number of ether oxygens (including phenoxy) is 2. The summed E-state index contributed by atoms with van der Waals surface area (Å²) in [6.07, 6.45) is 0.500. The first kappa shape index (κ1) is 31.4. The van der Waals surface area contributed by atoms with Crippen LogP contribution in [-0.2, 0) is 27.3 Å². The molecule has 5 rings (SSSR count). The molecular weight excluding hydrogens is 594 g/mol. The molecule has 2 amide bonds. The maximum Gasteiger partial charge on any atom is 0.340 e. The number of halogens is 1. The molecule has 0 radical (unpaired) electrons. The summed E-state index contributed by atoms with van der Waals surface area (Å²) in [6.45, 7) is 0.144. The summed E-state index contributed by atoms with van der Waals surface area (Å²) in [6, 6.07) is 22.7. The van der Waals surface area contributed by atoms with Gasteiger partial charge in [-0.05, 0) is 47.4 Å². The lowest BCUT2D eigenvalue weighted by atomic mass is 9.89. The highest BCUT2D eigenvalue weighted by Crippen LogP contribution is 2.39. The number of esters is 2. The van der Waals surface area contributed by atoms with Crippen molar-refractivity contribution in [2.24, 2.45) is 0 Å². The van der Waals surface area contributed by atoms with Crippen LogP contribution in [0.5, 0.6) is 0 Å². The Bertz CT molecular complexity index is 1760. The number of hydrogen-bond acceptors (Lipinski definition) is 7. The number of carbonyl (C=O) groups excluding carboxylic acids is 4. The second-order valence-electron chi connectivity index (χ2n) is 10.9. The van der Waals surface area contributed by atoms with Gasteiger partial charge in [-0.3, -0.25) is 19.4 Å². The molecule has 45 heavy (non-hydrogen) atoms. The Kier molecular flexibility index (Phi) is 9.59. The number of nitrogens with zero attached hydrogens (tertiary/aromatic N) is 2. The first-order chi connectivity index (χ1) is 21.7. The van der Waals surface area contributed by atoms with Gasteiger partial charge in [-0.25, -0.2) is 4.79 Å². The molecule has 1 unspecified atom stereocenters. The average Bonchev–Trinajstić information content (AvgIpc) is 3.37. The topological polar surface area (TPSA) is 115 Å². The highest BCUT2D eigenvalue weighted by atomic mass is 35.5. The Labute approximate surface area is 266 Å². The van der Waals surface area contributed by atoms with E-state index < -0.39 is 23.9 Å². The number of hydrogen-bond donors (Lipinski definition) is 1. The van der Waals surface area contributed by atoms with Crippen LogP contribution in [0.1, 0.15) is 72.5 Å². The van der Waals surface area contributed by atoms with E-state index in [-0.39, 0.29) is 42.9 Å². The molecule has 230 valence electrons. The van der Waals surface area contributed by atoms with Gasteiger partial charge in [0.2, 0.25) is 0 Å². The summed E-state index contributed by atoms with van der Waals surface area (Å²) in [5.41, 5.74) is 4.00. The SMILES string of the molecule is COC(=O)c1c(Cc2ccc(Cl)cc2)nc2c(c1-c1cccc(C(=O)N(C)C)c1)C(=O)NC2CCC(=O)OCc1ccccc1. The second-order valence-corrected chi connectivity index (χ2v) is 11.3. The van der Waals surface area contributed by atoms with Gasteiger partial charge in [0.25, 0.3) is 11.8 Å². The lowest BCUT2D eigenvalue weighted by Crippen LogP contribution is -2.21. The molecule has 1 aromatic heterocycles. The zero-order valence-electron chi connectivity index (χ0n) is 25.1. The second kappa shape index (κ2) is 13.7. The average molecular weight is 626 g/mol. The van der Waals surface area contributed by atoms with Crippen LogP contribution in [0.4, 0.5) is 0 Å². The van der Waals surface area contributed by atoms with E-state index in [9.17, 15) is 19.2 Å². The van der Waals surface area contributed by atoms with Crippen LogP contribution in [-0.4, -0.2) is 54.8 Å². The summed E-state index contributed by atoms with van der Waals surface area (Å²) in [4.78, 5) is 58.9. The Morgan fingerprint density at radius 2 is 1.67 bits per heavy atom. The van der Waals surface area contributed by atoms with E-state index in [0.29, 0.717) is 33.1 Å². The van der Waals surface area contributed by atoms with Crippen LogP contribution < -0.4 is 5.32 Å². The number of fused-ring (bicyclic) bond motifs is 1. The largest absolute Gasteiger partial charge is 0.465 e. The van der Waals surface area contributed by atoms with Gasteiger partial charge in [0, 0.05) is 43.1 Å². The lowest BCUT2D eigenvalue weighted by molar-refractivity contribution is -0.145. The molecule has 0 bridgehead atoms. The van der Waals surface area contributed by atoms with E-state index in [1.54, 1.807) is 50.5 Å². The Balaban J connectivity index is 1.58. The third-order valence-corrected chi connectivity index (χ3v) is 7.77. The van der Waals surface area contributed by atoms with Crippen molar-refractivity contribution in [1.82, 2.24) is 15.2 Å². The molecule has 0 saturated heterocycles. The van der Waals surface area contributed by atoms with Gasteiger partial charge in [-0.1, -0.05) is 66.2 Å². The number of amides is 2. The smallest absolute Gasteiger partial charge is 0.340 e. The molecule has 2 heterocycles. The third-order valence-electron chi connectivity index (χ3n) is 7.52. The van der Waals surface area contributed by atoms with Crippen LogP contribution in [0.3, 0.4) is 0 Å². The normalized spacial score (nSPS) is 13.5. The fraction of sp³-hybridized carbons (Fsp3) is 0.229. The molecule has 4 aromatic rings. The van der Waals surface area contributed by atoms with Crippen LogP contribution in [0.2, 0.25) is 5.02 Å². The van der Waals surface area contributed by atoms with Crippen LogP contribution in [0.15, 0.2) is 78.9 Å². The fourth-order valence-electron chi connectivity index (χ4n) is 5.32. The summed E-state index contributed by atoms with van der Waals surface area (Å²) < 4.78 is 10.7. The molecule has 0 spiro atoms. The van der Waals surface area contributed by atoms with Crippen molar-refractivity contribution in [3.63, 3.8) is 0 Å². The van der Waals surface area contributed by atoms with Crippen molar-refractivity contribution in [3.8, 4) is 11.1 Å². The number of pyridine rings is 1. The van der Waals surface area contributed by atoms with E-state index in [0.717, 1.165) is 11.1 Å². The first-order valence-corrected chi connectivity index (χ1v) is 14.8. The van der Waals surface area contributed by atoms with Crippen molar-refractivity contribution >= 4 is 35.4 Å². The van der Waals surface area contributed by atoms with Gasteiger partial charge in [0.05, 0.1) is 35.7 Å². The standard InChI is InChI=1S/C35H32ClN3O6/c1-39(2)34(42)24-11-7-10-23(19-24)29-30(35(43)44-3)27(18-21-12-14-25(36)15-13-21)37-32-26(38-33(41)31(29)32)16-17-28(40)45-20-22-8-5-4-6-9-22/h4-15,19,26H,16-18,20H2,1-3H3,(H,38,41). The summed E-state index contributed by atoms with van der Waals surface area (Å²) in [5, 5.41) is 3.50. The van der Waals surface area contributed by atoms with E-state index in [4.69, 9.17) is 26.1 Å². The minimum absolute atomic E-state index is 0.0341. The van der Waals surface area contributed by atoms with Gasteiger partial charge in [-0.15, -0.1) is 0 Å². The number of benzene rings is 3. The number of nitrogens with one attached hydrogen (secondary N) is 1. The molecule has 1 aliphatic rings. The van der Waals surface area contributed by atoms with Crippen molar-refractivity contribution in [1.29, 1.82) is 0 Å². The van der Waals surface area contributed by atoms with Crippen LogP contribution in [0, 0.1) is 0 Å². The van der Waals surface area contributed by atoms with E-state index >= 15 is 0 Å². The number of methoxy groups -OCH3 is 1. The third kappa shape index (κ3) is 7.05. The minimum atomic E-state index is -0.672. The first-order valence-electron chi connectivity index (χ1n) is 14.4. The molecule has 9 nitrogen and oxygen atoms in total. The fourth-order valence-corrected chi connectivity index (χ4v) is 5.44. The van der Waals surface area contributed by atoms with Crippen molar-refractivity contribution in [2.75, 3.05) is 21.2 Å². The Morgan fingerprint density at radius 1 is 0.933 bits per heavy atom. The van der Waals surface area contributed by atoms with E-state index in [2.05, 4.69) is 5.32 Å². The minimum Gasteiger partial charge on any atom is -0.465 e. The number of carbonyl (C=O) groups is 4. The Hall–Kier alpha value is -5.02. The van der Waals surface area contributed by atoms with Crippen LogP contribution >= 0.6 is 11.6 Å². The van der Waals surface area contributed by atoms with Gasteiger partial charge in [0.15, 0.2) is 0 Å². The van der Waals surface area contributed by atoms with Gasteiger partial charge in [0.1, 0.15) is 6.61 Å². The predicted octanol–water partition coefficient (Wildman–Crippen LogP) is 5.79. The molecule has 1 aliphatic heterocycles. The molecule has 10 heteroatoms. The van der Waals surface area contributed by atoms with Crippen LogP contribution in [0.25, 0.3) is 11.1 Å². The summed E-state index contributed by atoms with van der Waals surface area (Å²) in [5.74, 6) is -1.76. The Morgan fingerprint density at radius 3 is 2.36 bits per heavy atom. The number of rotatable bonds is 10. The van der Waals surface area contributed by atoms with Gasteiger partial charge >= 0.3 is 11.9 Å². The van der Waals surface area contributed by atoms with Gasteiger partial charge < -0.3 is 19.7 Å². The highest BCUT2D eigenvalue weighted by Gasteiger charge is 2.38. The van der Waals surface area contributed by atoms with E-state index in [1.807, 2.05) is 42.5 Å². The summed E-state index contributed by atoms with van der Waals surface area (Å²) >= 11 is 6.11.